The van der Waals surface area contributed by atoms with Crippen molar-refractivity contribution in [3.05, 3.63) is 39.2 Å². The third kappa shape index (κ3) is 4.61. The highest BCUT2D eigenvalue weighted by Crippen LogP contribution is 2.40. The monoisotopic (exact) mass is 431 g/mol. The second-order valence-electron chi connectivity index (χ2n) is 6.96. The number of fused-ring (bicyclic) bond motifs is 1. The first-order valence-electron chi connectivity index (χ1n) is 8.63. The van der Waals surface area contributed by atoms with E-state index in [-0.39, 0.29) is 46.4 Å². The molecule has 28 heavy (non-hydrogen) atoms. The zero-order valence-corrected chi connectivity index (χ0v) is 16.6. The molecule has 1 aromatic carbocycles. The Labute approximate surface area is 165 Å². The van der Waals surface area contributed by atoms with Crippen molar-refractivity contribution in [3.63, 3.8) is 0 Å². The van der Waals surface area contributed by atoms with Crippen LogP contribution < -0.4 is 10.9 Å². The molecule has 1 atom stereocenters. The third-order valence-electron chi connectivity index (χ3n) is 4.55. The zero-order valence-electron chi connectivity index (χ0n) is 15.0. The molecule has 0 aliphatic heterocycles. The van der Waals surface area contributed by atoms with Crippen molar-refractivity contribution in [1.82, 2.24) is 14.9 Å². The predicted octanol–water partition coefficient (Wildman–Crippen LogP) is 2.34. The lowest BCUT2D eigenvalue weighted by atomic mass is 10.1. The Balaban J connectivity index is 2.16. The van der Waals surface area contributed by atoms with Crippen LogP contribution in [0.25, 0.3) is 10.9 Å². The summed E-state index contributed by atoms with van der Waals surface area (Å²) in [6.07, 6.45) is 1.48. The molecular formula is C17H19ClFN3O5S. The van der Waals surface area contributed by atoms with E-state index in [0.29, 0.717) is 0 Å². The number of hydrogen-bond donors (Lipinski definition) is 2. The highest BCUT2D eigenvalue weighted by atomic mass is 35.5. The van der Waals surface area contributed by atoms with E-state index in [1.54, 1.807) is 0 Å². The van der Waals surface area contributed by atoms with Crippen molar-refractivity contribution < 1.29 is 22.7 Å². The number of nitrogens with one attached hydrogen (secondary N) is 1. The molecule has 8 nitrogen and oxygen atoms in total. The van der Waals surface area contributed by atoms with Crippen molar-refractivity contribution in [3.8, 4) is 0 Å². The van der Waals surface area contributed by atoms with E-state index < -0.39 is 33.3 Å². The molecule has 1 aliphatic carbocycles. The molecule has 2 aromatic rings. The number of halogens is 2. The number of carboxylic acid groups (broad SMARTS) is 1. The summed E-state index contributed by atoms with van der Waals surface area (Å²) < 4.78 is 37.8. The van der Waals surface area contributed by atoms with E-state index in [0.717, 1.165) is 31.2 Å². The van der Waals surface area contributed by atoms with E-state index in [4.69, 9.17) is 11.6 Å². The Hall–Kier alpha value is -2.20. The van der Waals surface area contributed by atoms with Crippen molar-refractivity contribution in [1.29, 1.82) is 0 Å². The standard InChI is InChI=1S/C17H19ClFN3O5S/c1-28(26,27)6-2-5-22-15(13(9-3-4-9)21-17(24)25)20-14-11(16(22)23)7-10(19)8-12(14)18/h7-9,13,21H,2-6H2,1H3,(H,24,25). The first-order valence-corrected chi connectivity index (χ1v) is 11.1. The maximum absolute atomic E-state index is 13.8. The van der Waals surface area contributed by atoms with Crippen LogP contribution in [0.4, 0.5) is 9.18 Å². The number of sulfone groups is 1. The smallest absolute Gasteiger partial charge is 0.405 e. The van der Waals surface area contributed by atoms with Gasteiger partial charge in [-0.2, -0.15) is 0 Å². The number of amides is 1. The lowest BCUT2D eigenvalue weighted by Gasteiger charge is -2.21. The van der Waals surface area contributed by atoms with E-state index in [2.05, 4.69) is 10.3 Å². The maximum Gasteiger partial charge on any atom is 0.405 e. The van der Waals surface area contributed by atoms with Gasteiger partial charge in [-0.1, -0.05) is 11.6 Å². The normalized spacial score (nSPS) is 15.5. The first kappa shape index (κ1) is 20.5. The largest absolute Gasteiger partial charge is 0.465 e. The van der Waals surface area contributed by atoms with Gasteiger partial charge < -0.3 is 10.4 Å². The fourth-order valence-corrected chi connectivity index (χ4v) is 4.06. The molecule has 1 aromatic heterocycles. The lowest BCUT2D eigenvalue weighted by Crippen LogP contribution is -2.36. The van der Waals surface area contributed by atoms with E-state index in [9.17, 15) is 27.5 Å². The Morgan fingerprint density at radius 3 is 2.71 bits per heavy atom. The van der Waals surface area contributed by atoms with Crippen molar-refractivity contribution in [2.45, 2.75) is 31.8 Å². The summed E-state index contributed by atoms with van der Waals surface area (Å²) in [6.45, 7) is 0.00281. The van der Waals surface area contributed by atoms with Gasteiger partial charge in [0, 0.05) is 12.8 Å². The Morgan fingerprint density at radius 2 is 2.14 bits per heavy atom. The van der Waals surface area contributed by atoms with Crippen LogP contribution in [0.15, 0.2) is 16.9 Å². The molecule has 3 rings (SSSR count). The number of rotatable bonds is 7. The molecule has 0 saturated heterocycles. The Bertz CT molecular complexity index is 1100. The minimum Gasteiger partial charge on any atom is -0.465 e. The first-order chi connectivity index (χ1) is 13.1. The average Bonchev–Trinajstić information content (AvgIpc) is 3.39. The van der Waals surface area contributed by atoms with E-state index >= 15 is 0 Å². The van der Waals surface area contributed by atoms with Crippen molar-refractivity contribution >= 4 is 38.4 Å². The van der Waals surface area contributed by atoms with Gasteiger partial charge >= 0.3 is 6.09 Å². The summed E-state index contributed by atoms with van der Waals surface area (Å²) in [6, 6.07) is 1.31. The van der Waals surface area contributed by atoms with Crippen LogP contribution >= 0.6 is 11.6 Å². The van der Waals surface area contributed by atoms with Crippen LogP contribution in [0.3, 0.4) is 0 Å². The summed E-state index contributed by atoms with van der Waals surface area (Å²) in [5, 5.41) is 11.5. The zero-order chi connectivity index (χ0) is 20.6. The molecule has 0 bridgehead atoms. The maximum atomic E-state index is 13.8. The van der Waals surface area contributed by atoms with Gasteiger partial charge in [-0.15, -0.1) is 0 Å². The van der Waals surface area contributed by atoms with Crippen molar-refractivity contribution in [2.24, 2.45) is 5.92 Å². The molecular weight excluding hydrogens is 413 g/mol. The molecule has 1 fully saturated rings. The fourth-order valence-electron chi connectivity index (χ4n) is 3.16. The molecule has 2 N–H and O–H groups in total. The average molecular weight is 432 g/mol. The van der Waals surface area contributed by atoms with Crippen LogP contribution in [-0.2, 0) is 16.4 Å². The molecule has 1 aliphatic rings. The van der Waals surface area contributed by atoms with Crippen LogP contribution in [0.2, 0.25) is 5.02 Å². The van der Waals surface area contributed by atoms with Gasteiger partial charge in [0.25, 0.3) is 5.56 Å². The Kier molecular flexibility index (Phi) is 5.62. The minimum absolute atomic E-state index is 0.00281. The molecule has 1 amide bonds. The number of hydrogen-bond acceptors (Lipinski definition) is 5. The van der Waals surface area contributed by atoms with Gasteiger partial charge in [0.15, 0.2) is 0 Å². The second kappa shape index (κ2) is 7.67. The van der Waals surface area contributed by atoms with Crippen LogP contribution in [0.1, 0.15) is 31.1 Å². The number of benzene rings is 1. The SMILES string of the molecule is CS(=O)(=O)CCCn1c(C(NC(=O)O)C2CC2)nc2c(Cl)cc(F)cc2c1=O. The summed E-state index contributed by atoms with van der Waals surface area (Å²) >= 11 is 6.06. The third-order valence-corrected chi connectivity index (χ3v) is 5.87. The molecule has 152 valence electrons. The summed E-state index contributed by atoms with van der Waals surface area (Å²) in [7, 11) is -3.25. The summed E-state index contributed by atoms with van der Waals surface area (Å²) in [5.41, 5.74) is -0.506. The van der Waals surface area contributed by atoms with E-state index in [1.165, 1.54) is 4.57 Å². The number of nitrogens with zero attached hydrogens (tertiary/aromatic N) is 2. The highest BCUT2D eigenvalue weighted by molar-refractivity contribution is 7.90. The highest BCUT2D eigenvalue weighted by Gasteiger charge is 2.37. The topological polar surface area (TPSA) is 118 Å². The summed E-state index contributed by atoms with van der Waals surface area (Å²) in [4.78, 5) is 28.7. The second-order valence-corrected chi connectivity index (χ2v) is 9.63. The predicted molar refractivity (Wildman–Crippen MR) is 102 cm³/mol. The quantitative estimate of drug-likeness (QED) is 0.694. The summed E-state index contributed by atoms with van der Waals surface area (Å²) in [5.74, 6) is -0.721. The lowest BCUT2D eigenvalue weighted by molar-refractivity contribution is 0.187. The van der Waals surface area contributed by atoms with Gasteiger partial charge in [0.05, 0.1) is 27.7 Å². The van der Waals surface area contributed by atoms with Crippen LogP contribution in [0, 0.1) is 11.7 Å². The van der Waals surface area contributed by atoms with Crippen molar-refractivity contribution in [2.75, 3.05) is 12.0 Å². The minimum atomic E-state index is -3.25. The number of aromatic nitrogens is 2. The van der Waals surface area contributed by atoms with Crippen LogP contribution in [0.5, 0.6) is 0 Å². The molecule has 0 radical (unpaired) electrons. The molecule has 11 heteroatoms. The molecule has 0 spiro atoms. The van der Waals surface area contributed by atoms with Gasteiger partial charge in [-0.3, -0.25) is 9.36 Å². The molecule has 1 saturated carbocycles. The Morgan fingerprint density at radius 1 is 1.46 bits per heavy atom. The van der Waals surface area contributed by atoms with E-state index in [1.807, 2.05) is 0 Å². The number of carbonyl (C=O) groups is 1. The fraction of sp³-hybridized carbons (Fsp3) is 0.471. The van der Waals surface area contributed by atoms with Gasteiger partial charge in [-0.25, -0.2) is 22.6 Å². The van der Waals surface area contributed by atoms with Gasteiger partial charge in [0.2, 0.25) is 0 Å². The van der Waals surface area contributed by atoms with Crippen LogP contribution in [-0.4, -0.2) is 41.2 Å². The molecule has 1 heterocycles. The van der Waals surface area contributed by atoms with Gasteiger partial charge in [0.1, 0.15) is 21.5 Å². The van der Waals surface area contributed by atoms with Gasteiger partial charge in [-0.05, 0) is 37.3 Å². The molecule has 1 unspecified atom stereocenters.